The molecule has 0 heterocycles. The zero-order chi connectivity index (χ0) is 14.7. The van der Waals surface area contributed by atoms with Crippen molar-refractivity contribution in [2.24, 2.45) is 0 Å². The molecule has 110 valence electrons. The standard InChI is InChI=1S/C18H20O3/c19-17-8-4-7-13-9-10-15(11-16(13)17)21-12-18(20)14-5-2-1-3-6-14/h1-3,5-6,9-11,17-20H,4,7-8,12H2/t17-,18?/m1/s1. The summed E-state index contributed by atoms with van der Waals surface area (Å²) in [6.45, 7) is 0.207. The molecule has 3 rings (SSSR count). The summed E-state index contributed by atoms with van der Waals surface area (Å²) in [7, 11) is 0. The second-order valence-electron chi connectivity index (χ2n) is 5.51. The van der Waals surface area contributed by atoms with Crippen molar-refractivity contribution in [3.63, 3.8) is 0 Å². The maximum Gasteiger partial charge on any atom is 0.119 e. The van der Waals surface area contributed by atoms with E-state index in [1.807, 2.05) is 48.5 Å². The minimum atomic E-state index is -0.646. The third-order valence-corrected chi connectivity index (χ3v) is 3.99. The van der Waals surface area contributed by atoms with E-state index >= 15 is 0 Å². The van der Waals surface area contributed by atoms with Gasteiger partial charge in [-0.3, -0.25) is 0 Å². The number of aryl methyl sites for hydroxylation is 1. The largest absolute Gasteiger partial charge is 0.491 e. The van der Waals surface area contributed by atoms with Crippen molar-refractivity contribution in [1.82, 2.24) is 0 Å². The highest BCUT2D eigenvalue weighted by molar-refractivity contribution is 5.38. The van der Waals surface area contributed by atoms with E-state index in [2.05, 4.69) is 0 Å². The first kappa shape index (κ1) is 14.1. The molecule has 0 radical (unpaired) electrons. The van der Waals surface area contributed by atoms with Gasteiger partial charge in [0.25, 0.3) is 0 Å². The molecule has 21 heavy (non-hydrogen) atoms. The summed E-state index contributed by atoms with van der Waals surface area (Å²) in [5.74, 6) is 0.699. The van der Waals surface area contributed by atoms with Crippen LogP contribution in [0, 0.1) is 0 Å². The Kier molecular flexibility index (Phi) is 4.23. The lowest BCUT2D eigenvalue weighted by atomic mass is 9.89. The molecule has 0 saturated heterocycles. The zero-order valence-electron chi connectivity index (χ0n) is 11.9. The lowest BCUT2D eigenvalue weighted by Crippen LogP contribution is -2.12. The van der Waals surface area contributed by atoms with Gasteiger partial charge in [0.05, 0.1) is 6.10 Å². The van der Waals surface area contributed by atoms with Crippen LogP contribution in [0.4, 0.5) is 0 Å². The number of aliphatic hydroxyl groups excluding tert-OH is 2. The highest BCUT2D eigenvalue weighted by atomic mass is 16.5. The van der Waals surface area contributed by atoms with Crippen molar-refractivity contribution < 1.29 is 14.9 Å². The molecule has 2 aromatic carbocycles. The monoisotopic (exact) mass is 284 g/mol. The first-order valence-corrected chi connectivity index (χ1v) is 7.41. The summed E-state index contributed by atoms with van der Waals surface area (Å²) in [6.07, 6.45) is 1.81. The molecule has 2 atom stereocenters. The molecule has 2 aromatic rings. The van der Waals surface area contributed by atoms with Crippen LogP contribution in [0.5, 0.6) is 5.75 Å². The molecule has 1 unspecified atom stereocenters. The molecule has 0 aliphatic heterocycles. The van der Waals surface area contributed by atoms with Gasteiger partial charge in [0, 0.05) is 0 Å². The summed E-state index contributed by atoms with van der Waals surface area (Å²) >= 11 is 0. The number of ether oxygens (including phenoxy) is 1. The van der Waals surface area contributed by atoms with Crippen LogP contribution in [-0.2, 0) is 6.42 Å². The highest BCUT2D eigenvalue weighted by Gasteiger charge is 2.18. The maximum absolute atomic E-state index is 10.1. The average molecular weight is 284 g/mol. The summed E-state index contributed by atoms with van der Waals surface area (Å²) in [5, 5.41) is 20.1. The number of rotatable bonds is 4. The van der Waals surface area contributed by atoms with E-state index in [4.69, 9.17) is 4.74 Å². The number of hydrogen-bond donors (Lipinski definition) is 2. The number of fused-ring (bicyclic) bond motifs is 1. The van der Waals surface area contributed by atoms with Crippen LogP contribution < -0.4 is 4.74 Å². The Morgan fingerprint density at radius 1 is 1.14 bits per heavy atom. The Balaban J connectivity index is 1.67. The molecule has 2 N–H and O–H groups in total. The van der Waals surface area contributed by atoms with Gasteiger partial charge in [-0.1, -0.05) is 36.4 Å². The molecular weight excluding hydrogens is 264 g/mol. The fourth-order valence-corrected chi connectivity index (χ4v) is 2.79. The van der Waals surface area contributed by atoms with E-state index in [9.17, 15) is 10.2 Å². The van der Waals surface area contributed by atoms with E-state index in [0.717, 1.165) is 30.4 Å². The van der Waals surface area contributed by atoms with Crippen LogP contribution >= 0.6 is 0 Å². The minimum absolute atomic E-state index is 0.207. The van der Waals surface area contributed by atoms with E-state index in [1.54, 1.807) is 0 Å². The number of aliphatic hydroxyl groups is 2. The second kappa shape index (κ2) is 6.29. The van der Waals surface area contributed by atoms with Crippen molar-refractivity contribution in [3.8, 4) is 5.75 Å². The van der Waals surface area contributed by atoms with Crippen molar-refractivity contribution in [2.75, 3.05) is 6.61 Å². The SMILES string of the molecule is OC(COc1ccc2c(c1)[C@H](O)CCC2)c1ccccc1. The first-order chi connectivity index (χ1) is 10.2. The lowest BCUT2D eigenvalue weighted by molar-refractivity contribution is 0.107. The van der Waals surface area contributed by atoms with Crippen LogP contribution in [0.25, 0.3) is 0 Å². The zero-order valence-corrected chi connectivity index (χ0v) is 11.9. The van der Waals surface area contributed by atoms with Crippen molar-refractivity contribution in [3.05, 3.63) is 65.2 Å². The minimum Gasteiger partial charge on any atom is -0.491 e. The number of benzene rings is 2. The predicted molar refractivity (Wildman–Crippen MR) is 81.2 cm³/mol. The first-order valence-electron chi connectivity index (χ1n) is 7.41. The molecule has 0 amide bonds. The van der Waals surface area contributed by atoms with Crippen LogP contribution in [0.2, 0.25) is 0 Å². The molecule has 0 fully saturated rings. The van der Waals surface area contributed by atoms with E-state index in [1.165, 1.54) is 5.56 Å². The Hall–Kier alpha value is -1.84. The molecule has 0 saturated carbocycles. The second-order valence-corrected chi connectivity index (χ2v) is 5.51. The molecular formula is C18H20O3. The van der Waals surface area contributed by atoms with Crippen molar-refractivity contribution in [1.29, 1.82) is 0 Å². The predicted octanol–water partition coefficient (Wildman–Crippen LogP) is 3.17. The third-order valence-electron chi connectivity index (χ3n) is 3.99. The topological polar surface area (TPSA) is 49.7 Å². The van der Waals surface area contributed by atoms with Gasteiger partial charge in [0.2, 0.25) is 0 Å². The molecule has 3 heteroatoms. The lowest BCUT2D eigenvalue weighted by Gasteiger charge is -2.22. The Bertz CT molecular complexity index is 595. The van der Waals surface area contributed by atoms with Gasteiger partial charge in [-0.05, 0) is 48.1 Å². The van der Waals surface area contributed by atoms with E-state index in [0.29, 0.717) is 5.75 Å². The molecule has 1 aliphatic carbocycles. The van der Waals surface area contributed by atoms with Gasteiger partial charge in [-0.25, -0.2) is 0 Å². The maximum atomic E-state index is 10.1. The quantitative estimate of drug-likeness (QED) is 0.906. The number of hydrogen-bond acceptors (Lipinski definition) is 3. The Morgan fingerprint density at radius 3 is 2.76 bits per heavy atom. The van der Waals surface area contributed by atoms with E-state index in [-0.39, 0.29) is 6.61 Å². The smallest absolute Gasteiger partial charge is 0.119 e. The Labute approximate surface area is 124 Å². The molecule has 3 nitrogen and oxygen atoms in total. The fourth-order valence-electron chi connectivity index (χ4n) is 2.79. The summed E-state index contributed by atoms with van der Waals surface area (Å²) in [6, 6.07) is 15.3. The molecule has 0 bridgehead atoms. The van der Waals surface area contributed by atoms with Crippen LogP contribution in [0.3, 0.4) is 0 Å². The van der Waals surface area contributed by atoms with Gasteiger partial charge < -0.3 is 14.9 Å². The van der Waals surface area contributed by atoms with Gasteiger partial charge in [-0.15, -0.1) is 0 Å². The normalized spacial score (nSPS) is 18.9. The summed E-state index contributed by atoms with van der Waals surface area (Å²) in [4.78, 5) is 0. The van der Waals surface area contributed by atoms with Gasteiger partial charge in [-0.2, -0.15) is 0 Å². The van der Waals surface area contributed by atoms with Crippen LogP contribution in [0.1, 0.15) is 41.7 Å². The van der Waals surface area contributed by atoms with Crippen molar-refractivity contribution >= 4 is 0 Å². The third kappa shape index (κ3) is 3.26. The van der Waals surface area contributed by atoms with E-state index < -0.39 is 12.2 Å². The average Bonchev–Trinajstić information content (AvgIpc) is 2.54. The van der Waals surface area contributed by atoms with Gasteiger partial charge >= 0.3 is 0 Å². The summed E-state index contributed by atoms with van der Waals surface area (Å²) in [5.41, 5.74) is 3.01. The molecule has 0 aromatic heterocycles. The van der Waals surface area contributed by atoms with Crippen molar-refractivity contribution in [2.45, 2.75) is 31.5 Å². The van der Waals surface area contributed by atoms with Crippen LogP contribution in [-0.4, -0.2) is 16.8 Å². The Morgan fingerprint density at radius 2 is 1.95 bits per heavy atom. The van der Waals surface area contributed by atoms with Gasteiger partial charge in [0.1, 0.15) is 18.5 Å². The van der Waals surface area contributed by atoms with Crippen LogP contribution in [0.15, 0.2) is 48.5 Å². The molecule has 0 spiro atoms. The molecule has 1 aliphatic rings. The highest BCUT2D eigenvalue weighted by Crippen LogP contribution is 2.32. The summed E-state index contributed by atoms with van der Waals surface area (Å²) < 4.78 is 5.68. The van der Waals surface area contributed by atoms with Gasteiger partial charge in [0.15, 0.2) is 0 Å². The fraction of sp³-hybridized carbons (Fsp3) is 0.333.